The van der Waals surface area contributed by atoms with Crippen LogP contribution in [0.3, 0.4) is 0 Å². The quantitative estimate of drug-likeness (QED) is 0.543. The van der Waals surface area contributed by atoms with E-state index in [-0.39, 0.29) is 6.61 Å². The van der Waals surface area contributed by atoms with Gasteiger partial charge in [0.05, 0.1) is 11.4 Å². The number of nitrogens with one attached hydrogen (secondary N) is 1. The number of aromatic nitrogens is 1. The predicted molar refractivity (Wildman–Crippen MR) is 59.8 cm³/mol. The third-order valence-corrected chi connectivity index (χ3v) is 2.39. The van der Waals surface area contributed by atoms with E-state index in [1.165, 1.54) is 0 Å². The first-order valence-electron chi connectivity index (χ1n) is 4.46. The zero-order valence-corrected chi connectivity index (χ0v) is 9.42. The highest BCUT2D eigenvalue weighted by Crippen LogP contribution is 2.15. The molecule has 0 atom stereocenters. The minimum Gasteiger partial charge on any atom is -0.397 e. The summed E-state index contributed by atoms with van der Waals surface area (Å²) in [5, 5.41) is 11.7. The Morgan fingerprint density at radius 1 is 1.50 bits per heavy atom. The van der Waals surface area contributed by atoms with E-state index in [0.29, 0.717) is 16.8 Å². The minimum absolute atomic E-state index is 0.214. The molecule has 0 aliphatic heterocycles. The fourth-order valence-corrected chi connectivity index (χ4v) is 1.36. The fraction of sp³-hybridized carbons (Fsp3) is 0.444. The number of nitrogens with zero attached hydrogens (tertiary/aromatic N) is 1. The van der Waals surface area contributed by atoms with Crippen LogP contribution in [-0.2, 0) is 6.54 Å². The number of halogens is 1. The summed E-state index contributed by atoms with van der Waals surface area (Å²) in [7, 11) is 0. The van der Waals surface area contributed by atoms with E-state index in [4.69, 9.17) is 10.8 Å². The van der Waals surface area contributed by atoms with Gasteiger partial charge < -0.3 is 16.2 Å². The molecule has 0 saturated carbocycles. The van der Waals surface area contributed by atoms with Crippen LogP contribution in [0.4, 0.5) is 5.69 Å². The van der Waals surface area contributed by atoms with Crippen molar-refractivity contribution in [3.8, 4) is 0 Å². The van der Waals surface area contributed by atoms with Crippen LogP contribution in [0.1, 0.15) is 12.1 Å². The molecule has 0 bridgehead atoms. The lowest BCUT2D eigenvalue weighted by Gasteiger charge is -2.04. The topological polar surface area (TPSA) is 71.2 Å². The van der Waals surface area contributed by atoms with Gasteiger partial charge in [0.1, 0.15) is 4.60 Å². The van der Waals surface area contributed by atoms with Gasteiger partial charge in [0.25, 0.3) is 0 Å². The normalized spacial score (nSPS) is 10.4. The van der Waals surface area contributed by atoms with Gasteiger partial charge in [-0.25, -0.2) is 4.98 Å². The van der Waals surface area contributed by atoms with Crippen LogP contribution >= 0.6 is 15.9 Å². The molecule has 0 aliphatic carbocycles. The Hall–Kier alpha value is -0.650. The van der Waals surface area contributed by atoms with Gasteiger partial charge in [-0.3, -0.25) is 0 Å². The van der Waals surface area contributed by atoms with Crippen LogP contribution < -0.4 is 11.1 Å². The smallest absolute Gasteiger partial charge is 0.129 e. The van der Waals surface area contributed by atoms with Crippen molar-refractivity contribution in [3.05, 3.63) is 22.4 Å². The Morgan fingerprint density at radius 2 is 2.29 bits per heavy atom. The second-order valence-electron chi connectivity index (χ2n) is 2.94. The number of aliphatic hydroxyl groups excluding tert-OH is 1. The maximum Gasteiger partial charge on any atom is 0.129 e. The number of nitrogens with two attached hydrogens (primary N) is 1. The third-order valence-electron chi connectivity index (χ3n) is 1.75. The molecule has 0 amide bonds. The zero-order chi connectivity index (χ0) is 10.4. The van der Waals surface area contributed by atoms with E-state index in [1.807, 2.05) is 12.1 Å². The monoisotopic (exact) mass is 259 g/mol. The van der Waals surface area contributed by atoms with Gasteiger partial charge in [0.15, 0.2) is 0 Å². The molecular formula is C9H14BrN3O. The number of hydrogen-bond donors (Lipinski definition) is 3. The molecule has 0 radical (unpaired) electrons. The maximum atomic E-state index is 8.56. The first kappa shape index (κ1) is 11.4. The summed E-state index contributed by atoms with van der Waals surface area (Å²) in [6.45, 7) is 1.70. The first-order valence-corrected chi connectivity index (χ1v) is 5.26. The standard InChI is InChI=1S/C9H14BrN3O/c10-9-8(11)3-2-7(13-9)6-12-4-1-5-14/h2-3,12,14H,1,4-6,11H2. The Kier molecular flexibility index (Phi) is 4.86. The number of anilines is 1. The number of nitrogen functional groups attached to an aromatic ring is 1. The molecule has 0 aromatic carbocycles. The molecule has 4 N–H and O–H groups in total. The fourth-order valence-electron chi connectivity index (χ4n) is 1.00. The molecule has 1 aromatic rings. The second kappa shape index (κ2) is 5.95. The molecule has 78 valence electrons. The SMILES string of the molecule is Nc1ccc(CNCCCO)nc1Br. The van der Waals surface area contributed by atoms with Crippen LogP contribution in [0, 0.1) is 0 Å². The van der Waals surface area contributed by atoms with Crippen LogP contribution in [-0.4, -0.2) is 23.2 Å². The average molecular weight is 260 g/mol. The van der Waals surface area contributed by atoms with E-state index < -0.39 is 0 Å². The summed E-state index contributed by atoms with van der Waals surface area (Å²) in [5.74, 6) is 0. The van der Waals surface area contributed by atoms with Crippen molar-refractivity contribution in [1.82, 2.24) is 10.3 Å². The van der Waals surface area contributed by atoms with Gasteiger partial charge in [-0.05, 0) is 41.0 Å². The molecule has 0 fully saturated rings. The van der Waals surface area contributed by atoms with Gasteiger partial charge in [-0.15, -0.1) is 0 Å². The van der Waals surface area contributed by atoms with Crippen LogP contribution in [0.25, 0.3) is 0 Å². The van der Waals surface area contributed by atoms with Crippen molar-refractivity contribution >= 4 is 21.6 Å². The highest BCUT2D eigenvalue weighted by molar-refractivity contribution is 9.10. The first-order chi connectivity index (χ1) is 6.74. The number of rotatable bonds is 5. The Morgan fingerprint density at radius 3 is 2.93 bits per heavy atom. The molecule has 4 nitrogen and oxygen atoms in total. The molecule has 5 heteroatoms. The number of hydrogen-bond acceptors (Lipinski definition) is 4. The average Bonchev–Trinajstić information content (AvgIpc) is 2.18. The maximum absolute atomic E-state index is 8.56. The molecule has 0 unspecified atom stereocenters. The van der Waals surface area contributed by atoms with Crippen molar-refractivity contribution in [2.24, 2.45) is 0 Å². The second-order valence-corrected chi connectivity index (χ2v) is 3.69. The molecule has 0 aliphatic rings. The molecule has 1 rings (SSSR count). The zero-order valence-electron chi connectivity index (χ0n) is 7.83. The molecule has 14 heavy (non-hydrogen) atoms. The Labute approximate surface area is 91.7 Å². The number of pyridine rings is 1. The molecular weight excluding hydrogens is 246 g/mol. The van der Waals surface area contributed by atoms with Crippen molar-refractivity contribution in [1.29, 1.82) is 0 Å². The molecule has 0 saturated heterocycles. The Balaban J connectivity index is 2.39. The van der Waals surface area contributed by atoms with Crippen molar-refractivity contribution in [3.63, 3.8) is 0 Å². The largest absolute Gasteiger partial charge is 0.397 e. The van der Waals surface area contributed by atoms with E-state index in [0.717, 1.165) is 18.7 Å². The summed E-state index contributed by atoms with van der Waals surface area (Å²) in [5.41, 5.74) is 7.18. The summed E-state index contributed by atoms with van der Waals surface area (Å²) < 4.78 is 0.680. The summed E-state index contributed by atoms with van der Waals surface area (Å²) >= 11 is 3.26. The number of aliphatic hydroxyl groups is 1. The van der Waals surface area contributed by atoms with E-state index in [9.17, 15) is 0 Å². The van der Waals surface area contributed by atoms with Crippen LogP contribution in [0.2, 0.25) is 0 Å². The Bertz CT molecular complexity index is 293. The lowest BCUT2D eigenvalue weighted by atomic mass is 10.3. The molecule has 1 heterocycles. The van der Waals surface area contributed by atoms with Crippen molar-refractivity contribution in [2.75, 3.05) is 18.9 Å². The minimum atomic E-state index is 0.214. The van der Waals surface area contributed by atoms with E-state index in [2.05, 4.69) is 26.2 Å². The van der Waals surface area contributed by atoms with Gasteiger partial charge in [-0.1, -0.05) is 0 Å². The van der Waals surface area contributed by atoms with Gasteiger partial charge in [0.2, 0.25) is 0 Å². The van der Waals surface area contributed by atoms with E-state index >= 15 is 0 Å². The lowest BCUT2D eigenvalue weighted by molar-refractivity contribution is 0.286. The van der Waals surface area contributed by atoms with Gasteiger partial charge in [0, 0.05) is 13.2 Å². The van der Waals surface area contributed by atoms with Gasteiger partial charge >= 0.3 is 0 Å². The van der Waals surface area contributed by atoms with E-state index in [1.54, 1.807) is 0 Å². The molecule has 0 spiro atoms. The predicted octanol–water partition coefficient (Wildman–Crippen LogP) is 0.898. The lowest BCUT2D eigenvalue weighted by Crippen LogP contribution is -2.16. The summed E-state index contributed by atoms with van der Waals surface area (Å²) in [6, 6.07) is 3.70. The third kappa shape index (κ3) is 3.61. The van der Waals surface area contributed by atoms with Crippen LogP contribution in [0.15, 0.2) is 16.7 Å². The van der Waals surface area contributed by atoms with Crippen molar-refractivity contribution < 1.29 is 5.11 Å². The molecule has 1 aromatic heterocycles. The highest BCUT2D eigenvalue weighted by atomic mass is 79.9. The summed E-state index contributed by atoms with van der Waals surface area (Å²) in [4.78, 5) is 4.24. The van der Waals surface area contributed by atoms with Crippen LogP contribution in [0.5, 0.6) is 0 Å². The highest BCUT2D eigenvalue weighted by Gasteiger charge is 1.98. The summed E-state index contributed by atoms with van der Waals surface area (Å²) in [6.07, 6.45) is 0.760. The van der Waals surface area contributed by atoms with Crippen molar-refractivity contribution in [2.45, 2.75) is 13.0 Å². The van der Waals surface area contributed by atoms with Gasteiger partial charge in [-0.2, -0.15) is 0 Å².